The highest BCUT2D eigenvalue weighted by Crippen LogP contribution is 2.20. The van der Waals surface area contributed by atoms with Crippen LogP contribution in [0.15, 0.2) is 97.1 Å². The lowest BCUT2D eigenvalue weighted by atomic mass is 10.0. The molecule has 41 heavy (non-hydrogen) atoms. The van der Waals surface area contributed by atoms with Gasteiger partial charge in [0.25, 0.3) is 0 Å². The van der Waals surface area contributed by atoms with E-state index in [4.69, 9.17) is 9.47 Å². The molecule has 0 saturated heterocycles. The van der Waals surface area contributed by atoms with Crippen molar-refractivity contribution >= 4 is 23.5 Å². The zero-order chi connectivity index (χ0) is 29.2. The second-order valence-electron chi connectivity index (χ2n) is 8.87. The summed E-state index contributed by atoms with van der Waals surface area (Å²) < 4.78 is 37.8. The number of halogens is 2. The first kappa shape index (κ1) is 28.8. The Morgan fingerprint density at radius 1 is 0.805 bits per heavy atom. The molecule has 0 radical (unpaired) electrons. The molecule has 210 valence electrons. The van der Waals surface area contributed by atoms with E-state index in [9.17, 15) is 28.3 Å². The maximum absolute atomic E-state index is 13.6. The van der Waals surface area contributed by atoms with Crippen molar-refractivity contribution in [2.24, 2.45) is 0 Å². The summed E-state index contributed by atoms with van der Waals surface area (Å²) in [5.41, 5.74) is 1.56. The molecule has 3 N–H and O–H groups in total. The average Bonchev–Trinajstić information content (AvgIpc) is 2.97. The lowest BCUT2D eigenvalue weighted by molar-refractivity contribution is -0.145. The van der Waals surface area contributed by atoms with Gasteiger partial charge in [-0.1, -0.05) is 42.5 Å². The first-order valence-electron chi connectivity index (χ1n) is 12.6. The number of amides is 2. The molecule has 0 heterocycles. The van der Waals surface area contributed by atoms with Crippen molar-refractivity contribution < 1.29 is 37.7 Å². The number of anilines is 1. The monoisotopic (exact) mass is 560 g/mol. The van der Waals surface area contributed by atoms with Crippen LogP contribution >= 0.6 is 0 Å². The van der Waals surface area contributed by atoms with E-state index in [1.54, 1.807) is 72.8 Å². The smallest absolute Gasteiger partial charge is 0.345 e. The van der Waals surface area contributed by atoms with Gasteiger partial charge in [-0.3, -0.25) is 4.79 Å². The number of aliphatic carboxylic acids is 1. The Balaban J connectivity index is 1.24. The molecule has 0 spiro atoms. The van der Waals surface area contributed by atoms with E-state index in [0.29, 0.717) is 34.3 Å². The van der Waals surface area contributed by atoms with Crippen LogP contribution < -0.4 is 20.1 Å². The zero-order valence-electron chi connectivity index (χ0n) is 21.7. The Bertz CT molecular complexity index is 1500. The first-order chi connectivity index (χ1) is 19.8. The highest BCUT2D eigenvalue weighted by molar-refractivity contribution is 6.09. The minimum Gasteiger partial charge on any atom is -0.492 e. The van der Waals surface area contributed by atoms with Gasteiger partial charge in [-0.15, -0.1) is 0 Å². The molecule has 10 heteroatoms. The van der Waals surface area contributed by atoms with Gasteiger partial charge in [-0.05, 0) is 54.1 Å². The van der Waals surface area contributed by atoms with E-state index in [-0.39, 0.29) is 31.0 Å². The molecule has 0 bridgehead atoms. The van der Waals surface area contributed by atoms with E-state index in [1.165, 1.54) is 0 Å². The fourth-order valence-corrected chi connectivity index (χ4v) is 3.81. The molecule has 0 fully saturated rings. The Kier molecular flexibility index (Phi) is 9.61. The van der Waals surface area contributed by atoms with Gasteiger partial charge in [0.05, 0.1) is 12.2 Å². The maximum Gasteiger partial charge on any atom is 0.345 e. The number of carbonyl (C=O) groups excluding carboxylic acids is 2. The van der Waals surface area contributed by atoms with Gasteiger partial charge in [-0.25, -0.2) is 18.4 Å². The predicted octanol–water partition coefficient (Wildman–Crippen LogP) is 5.47. The Morgan fingerprint density at radius 3 is 2.12 bits per heavy atom. The summed E-state index contributed by atoms with van der Waals surface area (Å²) in [5.74, 6) is -2.11. The van der Waals surface area contributed by atoms with Gasteiger partial charge >= 0.3 is 12.0 Å². The maximum atomic E-state index is 13.6. The van der Waals surface area contributed by atoms with Gasteiger partial charge in [0.15, 0.2) is 11.9 Å². The first-order valence-corrected chi connectivity index (χ1v) is 12.6. The predicted molar refractivity (Wildman–Crippen MR) is 147 cm³/mol. The van der Waals surface area contributed by atoms with Gasteiger partial charge < -0.3 is 25.2 Å². The van der Waals surface area contributed by atoms with Crippen molar-refractivity contribution in [2.75, 3.05) is 18.5 Å². The van der Waals surface area contributed by atoms with Gasteiger partial charge in [0.2, 0.25) is 0 Å². The molecule has 0 saturated carbocycles. The van der Waals surface area contributed by atoms with Crippen LogP contribution in [0.5, 0.6) is 11.5 Å². The lowest BCUT2D eigenvalue weighted by Crippen LogP contribution is -2.32. The third-order valence-electron chi connectivity index (χ3n) is 5.89. The summed E-state index contributed by atoms with van der Waals surface area (Å²) in [5, 5.41) is 14.4. The second kappa shape index (κ2) is 13.7. The Morgan fingerprint density at radius 2 is 1.46 bits per heavy atom. The number of ketones is 1. The number of ether oxygens (including phenoxy) is 2. The molecule has 0 aromatic heterocycles. The second-order valence-corrected chi connectivity index (χ2v) is 8.87. The topological polar surface area (TPSA) is 114 Å². The highest BCUT2D eigenvalue weighted by Gasteiger charge is 2.20. The third-order valence-corrected chi connectivity index (χ3v) is 5.89. The summed E-state index contributed by atoms with van der Waals surface area (Å²) in [6, 6.07) is 24.0. The van der Waals surface area contributed by atoms with E-state index >= 15 is 0 Å². The summed E-state index contributed by atoms with van der Waals surface area (Å²) in [6.45, 7) is 0.226. The zero-order valence-corrected chi connectivity index (χ0v) is 21.7. The number of rotatable bonds is 12. The lowest BCUT2D eigenvalue weighted by Gasteiger charge is -2.16. The summed E-state index contributed by atoms with van der Waals surface area (Å²) in [4.78, 5) is 36.3. The average molecular weight is 561 g/mol. The van der Waals surface area contributed by atoms with Gasteiger partial charge in [0, 0.05) is 23.6 Å². The minimum atomic E-state index is -1.16. The number of hydrogen-bond acceptors (Lipinski definition) is 5. The van der Waals surface area contributed by atoms with Crippen LogP contribution in [0.25, 0.3) is 0 Å². The normalized spacial score (nSPS) is 11.3. The highest BCUT2D eigenvalue weighted by atomic mass is 19.1. The van der Waals surface area contributed by atoms with Crippen LogP contribution in [-0.2, 0) is 11.2 Å². The number of carboxylic acids is 1. The summed E-state index contributed by atoms with van der Waals surface area (Å²) >= 11 is 0. The van der Waals surface area contributed by atoms with Gasteiger partial charge in [0.1, 0.15) is 29.7 Å². The van der Waals surface area contributed by atoms with Crippen LogP contribution in [-0.4, -0.2) is 42.1 Å². The summed E-state index contributed by atoms with van der Waals surface area (Å²) in [7, 11) is 0. The Hall–Kier alpha value is -5.25. The van der Waals surface area contributed by atoms with Crippen LogP contribution in [0.1, 0.15) is 21.5 Å². The van der Waals surface area contributed by atoms with Gasteiger partial charge in [-0.2, -0.15) is 0 Å². The molecule has 4 aromatic rings. The molecule has 0 aliphatic heterocycles. The fourth-order valence-electron chi connectivity index (χ4n) is 3.81. The SMILES string of the molecule is O=C(NCCOc1ccc(CC(Oc2ccc(C(=O)c3ccccc3)cc2)C(=O)O)cc1)Nc1ccc(F)cc1F. The van der Waals surface area contributed by atoms with Crippen molar-refractivity contribution in [3.8, 4) is 11.5 Å². The molecular formula is C31H26F2N2O6. The van der Waals surface area contributed by atoms with Crippen LogP contribution in [0.4, 0.5) is 19.3 Å². The number of carbonyl (C=O) groups is 3. The van der Waals surface area contributed by atoms with Crippen LogP contribution in [0.2, 0.25) is 0 Å². The molecule has 0 aliphatic rings. The molecule has 1 atom stereocenters. The van der Waals surface area contributed by atoms with Crippen molar-refractivity contribution in [3.63, 3.8) is 0 Å². The third kappa shape index (κ3) is 8.37. The fraction of sp³-hybridized carbons (Fsp3) is 0.129. The molecule has 0 aliphatic carbocycles. The van der Waals surface area contributed by atoms with E-state index in [1.807, 2.05) is 6.07 Å². The minimum absolute atomic E-state index is 0.0853. The van der Waals surface area contributed by atoms with E-state index < -0.39 is 29.7 Å². The number of benzene rings is 4. The van der Waals surface area contributed by atoms with Crippen LogP contribution in [0.3, 0.4) is 0 Å². The van der Waals surface area contributed by atoms with Crippen molar-refractivity contribution in [1.29, 1.82) is 0 Å². The number of urea groups is 1. The number of hydrogen-bond donors (Lipinski definition) is 3. The van der Waals surface area contributed by atoms with E-state index in [2.05, 4.69) is 10.6 Å². The largest absolute Gasteiger partial charge is 0.492 e. The van der Waals surface area contributed by atoms with Crippen molar-refractivity contribution in [2.45, 2.75) is 12.5 Å². The van der Waals surface area contributed by atoms with Crippen molar-refractivity contribution in [3.05, 3.63) is 125 Å². The summed E-state index contributed by atoms with van der Waals surface area (Å²) in [6.07, 6.45) is -1.08. The standard InChI is InChI=1S/C31H26F2N2O6/c32-23-10-15-27(26(33)19-23)35-31(39)34-16-17-40-24-11-6-20(7-12-24)18-28(30(37)38)41-25-13-8-22(9-14-25)29(36)21-4-2-1-3-5-21/h1-15,19,28H,16-18H2,(H,37,38)(H2,34,35,39). The molecule has 4 rings (SSSR count). The number of nitrogens with one attached hydrogen (secondary N) is 2. The quantitative estimate of drug-likeness (QED) is 0.156. The Labute approximate surface area is 234 Å². The molecule has 8 nitrogen and oxygen atoms in total. The van der Waals surface area contributed by atoms with Crippen molar-refractivity contribution in [1.82, 2.24) is 5.32 Å². The van der Waals surface area contributed by atoms with E-state index in [0.717, 1.165) is 12.1 Å². The number of carboxylic acid groups (broad SMARTS) is 1. The molecule has 2 amide bonds. The molecule has 1 unspecified atom stereocenters. The van der Waals surface area contributed by atoms with Crippen LogP contribution in [0, 0.1) is 11.6 Å². The molecule has 4 aromatic carbocycles. The molecular weight excluding hydrogens is 534 g/mol.